The number of benzene rings is 1. The summed E-state index contributed by atoms with van der Waals surface area (Å²) in [5.74, 6) is 2.00. The van der Waals surface area contributed by atoms with Crippen LogP contribution in [0.4, 0.5) is 0 Å². The molecule has 0 amide bonds. The summed E-state index contributed by atoms with van der Waals surface area (Å²) in [5.41, 5.74) is 4.87. The molecule has 0 aliphatic rings. The Morgan fingerprint density at radius 3 is 1.42 bits per heavy atom. The fourth-order valence-electron chi connectivity index (χ4n) is 3.08. The lowest BCUT2D eigenvalue weighted by molar-refractivity contribution is 0.577. The zero-order valence-electron chi connectivity index (χ0n) is 14.7. The first kappa shape index (κ1) is 16.6. The van der Waals surface area contributed by atoms with Crippen molar-refractivity contribution in [3.63, 3.8) is 0 Å². The molecule has 2 heterocycles. The van der Waals surface area contributed by atoms with Gasteiger partial charge in [0.05, 0.1) is 12.5 Å². The van der Waals surface area contributed by atoms with Gasteiger partial charge in [-0.1, -0.05) is 51.0 Å². The summed E-state index contributed by atoms with van der Waals surface area (Å²) in [7, 11) is 0. The van der Waals surface area contributed by atoms with Gasteiger partial charge in [0.25, 0.3) is 0 Å². The molecule has 3 rings (SSSR count). The van der Waals surface area contributed by atoms with E-state index in [1.54, 1.807) is 12.5 Å². The average molecular weight is 322 g/mol. The van der Waals surface area contributed by atoms with Gasteiger partial charge >= 0.3 is 0 Å². The van der Waals surface area contributed by atoms with Gasteiger partial charge < -0.3 is 8.83 Å². The molecule has 2 nitrogen and oxygen atoms in total. The Balaban J connectivity index is 1.81. The highest BCUT2D eigenvalue weighted by Crippen LogP contribution is 2.31. The van der Waals surface area contributed by atoms with Crippen LogP contribution in [0.15, 0.2) is 57.8 Å². The standard InChI is InChI=1S/C22H26O2/c1-3-5-7-17-13-15-23-21(17)19-9-11-20(12-10-19)22-18(8-6-4-2)14-16-24-22/h9-16H,3-8H2,1-2H3. The maximum Gasteiger partial charge on any atom is 0.137 e. The van der Waals surface area contributed by atoms with Crippen LogP contribution in [0.3, 0.4) is 0 Å². The maximum atomic E-state index is 5.73. The van der Waals surface area contributed by atoms with E-state index in [4.69, 9.17) is 8.83 Å². The monoisotopic (exact) mass is 322 g/mol. The lowest BCUT2D eigenvalue weighted by Gasteiger charge is -2.05. The smallest absolute Gasteiger partial charge is 0.137 e. The topological polar surface area (TPSA) is 26.3 Å². The summed E-state index contributed by atoms with van der Waals surface area (Å²) < 4.78 is 11.5. The van der Waals surface area contributed by atoms with Crippen molar-refractivity contribution in [1.82, 2.24) is 0 Å². The fraction of sp³-hybridized carbons (Fsp3) is 0.364. The van der Waals surface area contributed by atoms with E-state index < -0.39 is 0 Å². The zero-order chi connectivity index (χ0) is 16.8. The third-order valence-electron chi connectivity index (χ3n) is 4.50. The van der Waals surface area contributed by atoms with Gasteiger partial charge in [-0.15, -0.1) is 0 Å². The van der Waals surface area contributed by atoms with Gasteiger partial charge in [-0.3, -0.25) is 0 Å². The Morgan fingerprint density at radius 2 is 1.04 bits per heavy atom. The molecule has 1 aromatic carbocycles. The summed E-state index contributed by atoms with van der Waals surface area (Å²) in [5, 5.41) is 0. The molecule has 3 aromatic rings. The van der Waals surface area contributed by atoms with Gasteiger partial charge in [0.2, 0.25) is 0 Å². The Hall–Kier alpha value is -2.22. The number of unbranched alkanes of at least 4 members (excludes halogenated alkanes) is 2. The first-order valence-electron chi connectivity index (χ1n) is 9.07. The number of rotatable bonds is 8. The van der Waals surface area contributed by atoms with Crippen LogP contribution < -0.4 is 0 Å². The van der Waals surface area contributed by atoms with E-state index in [9.17, 15) is 0 Å². The van der Waals surface area contributed by atoms with Crippen molar-refractivity contribution in [2.45, 2.75) is 52.4 Å². The number of hydrogen-bond acceptors (Lipinski definition) is 2. The van der Waals surface area contributed by atoms with Gasteiger partial charge in [-0.2, -0.15) is 0 Å². The van der Waals surface area contributed by atoms with Crippen molar-refractivity contribution in [1.29, 1.82) is 0 Å². The normalized spacial score (nSPS) is 11.1. The van der Waals surface area contributed by atoms with Crippen molar-refractivity contribution in [3.8, 4) is 22.6 Å². The second-order valence-electron chi connectivity index (χ2n) is 6.33. The van der Waals surface area contributed by atoms with Crippen LogP contribution in [-0.2, 0) is 12.8 Å². The largest absolute Gasteiger partial charge is 0.464 e. The van der Waals surface area contributed by atoms with E-state index in [1.165, 1.54) is 36.8 Å². The fourth-order valence-corrected chi connectivity index (χ4v) is 3.08. The summed E-state index contributed by atoms with van der Waals surface area (Å²) in [6.45, 7) is 4.43. The van der Waals surface area contributed by atoms with Gasteiger partial charge in [0, 0.05) is 11.1 Å². The number of aryl methyl sites for hydroxylation is 2. The Bertz CT molecular complexity index is 681. The number of furan rings is 2. The van der Waals surface area contributed by atoms with Gasteiger partial charge in [0.15, 0.2) is 0 Å². The van der Waals surface area contributed by atoms with E-state index in [2.05, 4.69) is 50.2 Å². The van der Waals surface area contributed by atoms with E-state index in [-0.39, 0.29) is 0 Å². The Morgan fingerprint density at radius 1 is 0.625 bits per heavy atom. The SMILES string of the molecule is CCCCc1ccoc1-c1ccc(-c2occc2CCCC)cc1. The molecule has 0 aliphatic heterocycles. The predicted molar refractivity (Wildman–Crippen MR) is 99.1 cm³/mol. The second-order valence-corrected chi connectivity index (χ2v) is 6.33. The predicted octanol–water partition coefficient (Wildman–Crippen LogP) is 6.89. The molecule has 2 heteroatoms. The lowest BCUT2D eigenvalue weighted by atomic mass is 10.0. The van der Waals surface area contributed by atoms with Crippen molar-refractivity contribution < 1.29 is 8.83 Å². The molecular formula is C22H26O2. The quantitative estimate of drug-likeness (QED) is 0.451. The molecule has 0 radical (unpaired) electrons. The first-order chi connectivity index (χ1) is 11.8. The Kier molecular flexibility index (Phi) is 5.58. The summed E-state index contributed by atoms with van der Waals surface area (Å²) in [6, 6.07) is 12.7. The molecule has 0 bridgehead atoms. The summed E-state index contributed by atoms with van der Waals surface area (Å²) >= 11 is 0. The molecule has 0 unspecified atom stereocenters. The molecule has 0 N–H and O–H groups in total. The van der Waals surface area contributed by atoms with Crippen molar-refractivity contribution in [3.05, 3.63) is 60.1 Å². The minimum Gasteiger partial charge on any atom is -0.464 e. The van der Waals surface area contributed by atoms with Gasteiger partial charge in [0.1, 0.15) is 11.5 Å². The third kappa shape index (κ3) is 3.64. The van der Waals surface area contributed by atoms with Crippen molar-refractivity contribution in [2.75, 3.05) is 0 Å². The van der Waals surface area contributed by atoms with Gasteiger partial charge in [-0.05, 0) is 48.9 Å². The molecule has 0 saturated heterocycles. The van der Waals surface area contributed by atoms with E-state index in [1.807, 2.05) is 0 Å². The number of hydrogen-bond donors (Lipinski definition) is 0. The van der Waals surface area contributed by atoms with E-state index in [0.717, 1.165) is 35.5 Å². The molecule has 0 saturated carbocycles. The van der Waals surface area contributed by atoms with Crippen LogP contribution in [0.5, 0.6) is 0 Å². The molecule has 2 aromatic heterocycles. The van der Waals surface area contributed by atoms with Crippen LogP contribution in [-0.4, -0.2) is 0 Å². The first-order valence-corrected chi connectivity index (χ1v) is 9.07. The molecule has 0 fully saturated rings. The minimum atomic E-state index is 1.00. The second kappa shape index (κ2) is 8.05. The summed E-state index contributed by atoms with van der Waals surface area (Å²) in [6.07, 6.45) is 10.5. The van der Waals surface area contributed by atoms with E-state index >= 15 is 0 Å². The van der Waals surface area contributed by atoms with Crippen molar-refractivity contribution >= 4 is 0 Å². The van der Waals surface area contributed by atoms with Crippen molar-refractivity contribution in [2.24, 2.45) is 0 Å². The molecule has 0 aliphatic carbocycles. The molecular weight excluding hydrogens is 296 g/mol. The Labute approximate surface area is 144 Å². The molecule has 126 valence electrons. The molecule has 0 atom stereocenters. The minimum absolute atomic E-state index is 1.00. The zero-order valence-corrected chi connectivity index (χ0v) is 14.7. The third-order valence-corrected chi connectivity index (χ3v) is 4.50. The lowest BCUT2D eigenvalue weighted by Crippen LogP contribution is -1.87. The highest BCUT2D eigenvalue weighted by molar-refractivity contribution is 5.68. The van der Waals surface area contributed by atoms with Crippen LogP contribution in [0.2, 0.25) is 0 Å². The summed E-state index contributed by atoms with van der Waals surface area (Å²) in [4.78, 5) is 0. The highest BCUT2D eigenvalue weighted by atomic mass is 16.3. The van der Waals surface area contributed by atoms with Crippen LogP contribution in [0.25, 0.3) is 22.6 Å². The van der Waals surface area contributed by atoms with E-state index in [0.29, 0.717) is 0 Å². The highest BCUT2D eigenvalue weighted by Gasteiger charge is 2.12. The molecule has 24 heavy (non-hydrogen) atoms. The van der Waals surface area contributed by atoms with Crippen LogP contribution in [0, 0.1) is 0 Å². The maximum absolute atomic E-state index is 5.73. The molecule has 0 spiro atoms. The van der Waals surface area contributed by atoms with Crippen LogP contribution in [0.1, 0.15) is 50.7 Å². The average Bonchev–Trinajstić information content (AvgIpc) is 3.27. The van der Waals surface area contributed by atoms with Crippen LogP contribution >= 0.6 is 0 Å². The van der Waals surface area contributed by atoms with Gasteiger partial charge in [-0.25, -0.2) is 0 Å².